The van der Waals surface area contributed by atoms with Crippen molar-refractivity contribution < 1.29 is 25.5 Å². The summed E-state index contributed by atoms with van der Waals surface area (Å²) in [5, 5.41) is 50.0. The Bertz CT molecular complexity index is 884. The van der Waals surface area contributed by atoms with E-state index in [1.807, 2.05) is 0 Å². The first kappa shape index (κ1) is 16.8. The van der Waals surface area contributed by atoms with E-state index in [9.17, 15) is 25.5 Å². The first-order chi connectivity index (χ1) is 11.9. The third kappa shape index (κ3) is 2.89. The summed E-state index contributed by atoms with van der Waals surface area (Å²) in [6.45, 7) is 0. The van der Waals surface area contributed by atoms with Crippen LogP contribution in [0.1, 0.15) is 0 Å². The second-order valence-corrected chi connectivity index (χ2v) is 6.15. The molecule has 0 heterocycles. The third-order valence-corrected chi connectivity index (χ3v) is 4.20. The van der Waals surface area contributed by atoms with E-state index in [4.69, 9.17) is 0 Å². The van der Waals surface area contributed by atoms with Crippen molar-refractivity contribution in [3.05, 3.63) is 59.1 Å². The van der Waals surface area contributed by atoms with Gasteiger partial charge in [-0.3, -0.25) is 0 Å². The molecule has 0 aliphatic rings. The van der Waals surface area contributed by atoms with Gasteiger partial charge in [-0.05, 0) is 36.4 Å². The Hall–Kier alpha value is -3.06. The summed E-state index contributed by atoms with van der Waals surface area (Å²) in [6.07, 6.45) is 0. The lowest BCUT2D eigenvalue weighted by molar-refractivity contribution is 0.329. The van der Waals surface area contributed by atoms with Gasteiger partial charge >= 0.3 is 0 Å². The standard InChI is InChI=1S/C18H14BrNO5/c19-10-6-8-12(9-7-10)20(11-4-2-1-3-5-11)13-14(21)16(23)18(25)17(24)15(13)22/h1-9,21-25H. The van der Waals surface area contributed by atoms with Crippen LogP contribution in [-0.2, 0) is 0 Å². The third-order valence-electron chi connectivity index (χ3n) is 3.67. The molecule has 0 unspecified atom stereocenters. The van der Waals surface area contributed by atoms with Gasteiger partial charge in [-0.25, -0.2) is 0 Å². The molecule has 0 saturated heterocycles. The van der Waals surface area contributed by atoms with Crippen LogP contribution in [0.5, 0.6) is 28.7 Å². The summed E-state index contributed by atoms with van der Waals surface area (Å²) in [7, 11) is 0. The number of anilines is 3. The number of phenols is 5. The van der Waals surface area contributed by atoms with Gasteiger partial charge in [0, 0.05) is 15.8 Å². The van der Waals surface area contributed by atoms with Crippen molar-refractivity contribution in [1.82, 2.24) is 0 Å². The molecule has 7 heteroatoms. The number of para-hydroxylation sites is 1. The predicted octanol–water partition coefficient (Wildman–Crippen LogP) is 4.45. The molecule has 0 aromatic heterocycles. The van der Waals surface area contributed by atoms with E-state index < -0.39 is 28.7 Å². The fourth-order valence-corrected chi connectivity index (χ4v) is 2.72. The van der Waals surface area contributed by atoms with Crippen molar-refractivity contribution in [2.45, 2.75) is 0 Å². The van der Waals surface area contributed by atoms with E-state index in [0.29, 0.717) is 11.4 Å². The Kier molecular flexibility index (Phi) is 4.33. The topological polar surface area (TPSA) is 104 Å². The van der Waals surface area contributed by atoms with Gasteiger partial charge in [-0.1, -0.05) is 34.1 Å². The van der Waals surface area contributed by atoms with Crippen LogP contribution in [0.15, 0.2) is 59.1 Å². The molecular formula is C18H14BrNO5. The van der Waals surface area contributed by atoms with Gasteiger partial charge in [-0.15, -0.1) is 0 Å². The summed E-state index contributed by atoms with van der Waals surface area (Å²) in [6, 6.07) is 15.7. The van der Waals surface area contributed by atoms with E-state index in [-0.39, 0.29) is 5.69 Å². The van der Waals surface area contributed by atoms with E-state index in [1.54, 1.807) is 54.6 Å². The molecule has 3 aromatic rings. The number of aromatic hydroxyl groups is 5. The van der Waals surface area contributed by atoms with E-state index >= 15 is 0 Å². The first-order valence-electron chi connectivity index (χ1n) is 7.21. The number of halogens is 1. The highest BCUT2D eigenvalue weighted by molar-refractivity contribution is 9.10. The maximum atomic E-state index is 10.3. The van der Waals surface area contributed by atoms with Gasteiger partial charge in [0.25, 0.3) is 0 Å². The maximum Gasteiger partial charge on any atom is 0.208 e. The van der Waals surface area contributed by atoms with Crippen LogP contribution in [-0.4, -0.2) is 25.5 Å². The van der Waals surface area contributed by atoms with Gasteiger partial charge in [0.05, 0.1) is 0 Å². The molecule has 5 N–H and O–H groups in total. The molecule has 0 amide bonds. The zero-order valence-corrected chi connectivity index (χ0v) is 14.3. The van der Waals surface area contributed by atoms with Crippen molar-refractivity contribution in [2.75, 3.05) is 4.90 Å². The second kappa shape index (κ2) is 6.45. The number of hydrogen-bond acceptors (Lipinski definition) is 6. The van der Waals surface area contributed by atoms with Gasteiger partial charge in [0.2, 0.25) is 17.2 Å². The van der Waals surface area contributed by atoms with Gasteiger partial charge in [-0.2, -0.15) is 0 Å². The fourth-order valence-electron chi connectivity index (χ4n) is 2.46. The number of benzene rings is 3. The van der Waals surface area contributed by atoms with Crippen LogP contribution in [0.2, 0.25) is 0 Å². The molecule has 0 aliphatic heterocycles. The molecule has 0 saturated carbocycles. The molecule has 0 atom stereocenters. The maximum absolute atomic E-state index is 10.3. The number of hydrogen-bond donors (Lipinski definition) is 5. The molecule has 3 aromatic carbocycles. The predicted molar refractivity (Wildman–Crippen MR) is 97.1 cm³/mol. The molecule has 3 rings (SSSR count). The Morgan fingerprint density at radius 2 is 1.00 bits per heavy atom. The fraction of sp³-hybridized carbons (Fsp3) is 0. The molecule has 6 nitrogen and oxygen atoms in total. The van der Waals surface area contributed by atoms with Crippen LogP contribution in [0.4, 0.5) is 17.1 Å². The molecule has 0 spiro atoms. The summed E-state index contributed by atoms with van der Waals surface area (Å²) in [5.74, 6) is -4.38. The van der Waals surface area contributed by atoms with E-state index in [0.717, 1.165) is 4.47 Å². The van der Waals surface area contributed by atoms with Crippen molar-refractivity contribution in [2.24, 2.45) is 0 Å². The van der Waals surface area contributed by atoms with Crippen molar-refractivity contribution in [3.63, 3.8) is 0 Å². The SMILES string of the molecule is Oc1c(O)c(O)c(N(c2ccccc2)c2ccc(Br)cc2)c(O)c1O. The minimum atomic E-state index is -0.998. The molecular weight excluding hydrogens is 390 g/mol. The molecule has 128 valence electrons. The number of rotatable bonds is 3. The largest absolute Gasteiger partial charge is 0.503 e. The zero-order chi connectivity index (χ0) is 18.1. The molecule has 0 aliphatic carbocycles. The minimum Gasteiger partial charge on any atom is -0.503 e. The van der Waals surface area contributed by atoms with E-state index in [2.05, 4.69) is 15.9 Å². The lowest BCUT2D eigenvalue weighted by atomic mass is 10.1. The first-order valence-corrected chi connectivity index (χ1v) is 8.00. The van der Waals surface area contributed by atoms with Gasteiger partial charge < -0.3 is 30.4 Å². The quantitative estimate of drug-likeness (QED) is 0.327. The lowest BCUT2D eigenvalue weighted by Crippen LogP contribution is -2.10. The Balaban J connectivity index is 2.32. The van der Waals surface area contributed by atoms with Crippen LogP contribution >= 0.6 is 15.9 Å². The summed E-state index contributed by atoms with van der Waals surface area (Å²) in [4.78, 5) is 1.44. The summed E-state index contributed by atoms with van der Waals surface area (Å²) >= 11 is 3.34. The monoisotopic (exact) mass is 403 g/mol. The van der Waals surface area contributed by atoms with Crippen LogP contribution in [0.3, 0.4) is 0 Å². The average Bonchev–Trinajstić information content (AvgIpc) is 2.64. The van der Waals surface area contributed by atoms with Crippen LogP contribution in [0, 0.1) is 0 Å². The highest BCUT2D eigenvalue weighted by atomic mass is 79.9. The lowest BCUT2D eigenvalue weighted by Gasteiger charge is -2.27. The normalized spacial score (nSPS) is 10.6. The summed E-state index contributed by atoms with van der Waals surface area (Å²) < 4.78 is 0.828. The van der Waals surface area contributed by atoms with Crippen molar-refractivity contribution >= 4 is 33.0 Å². The minimum absolute atomic E-state index is 0.263. The molecule has 0 bridgehead atoms. The van der Waals surface area contributed by atoms with Crippen LogP contribution < -0.4 is 4.90 Å². The Morgan fingerprint density at radius 3 is 1.52 bits per heavy atom. The molecule has 0 fully saturated rings. The second-order valence-electron chi connectivity index (χ2n) is 5.24. The van der Waals surface area contributed by atoms with E-state index in [1.165, 1.54) is 4.90 Å². The highest BCUT2D eigenvalue weighted by Crippen LogP contribution is 2.57. The highest BCUT2D eigenvalue weighted by Gasteiger charge is 2.28. The smallest absolute Gasteiger partial charge is 0.208 e. The summed E-state index contributed by atoms with van der Waals surface area (Å²) in [5.41, 5.74) is 0.839. The Labute approximate surface area is 151 Å². The number of nitrogens with zero attached hydrogens (tertiary/aromatic N) is 1. The zero-order valence-electron chi connectivity index (χ0n) is 12.8. The number of phenolic OH excluding ortho intramolecular Hbond substituents is 5. The van der Waals surface area contributed by atoms with Gasteiger partial charge in [0.15, 0.2) is 11.5 Å². The van der Waals surface area contributed by atoms with Gasteiger partial charge in [0.1, 0.15) is 5.69 Å². The van der Waals surface area contributed by atoms with Crippen LogP contribution in [0.25, 0.3) is 0 Å². The molecule has 0 radical (unpaired) electrons. The van der Waals surface area contributed by atoms with Crippen molar-refractivity contribution in [3.8, 4) is 28.7 Å². The average molecular weight is 404 g/mol. The molecule has 25 heavy (non-hydrogen) atoms. The van der Waals surface area contributed by atoms with Crippen molar-refractivity contribution in [1.29, 1.82) is 0 Å². The Morgan fingerprint density at radius 1 is 0.560 bits per heavy atom.